The van der Waals surface area contributed by atoms with Gasteiger partial charge in [0.05, 0.1) is 5.69 Å². The minimum atomic E-state index is 0.575. The monoisotopic (exact) mass is 259 g/mol. The highest BCUT2D eigenvalue weighted by molar-refractivity contribution is 6.18. The van der Waals surface area contributed by atoms with E-state index in [1.54, 1.807) is 0 Å². The third-order valence-electron chi connectivity index (χ3n) is 4.06. The zero-order valence-corrected chi connectivity index (χ0v) is 11.3. The Labute approximate surface area is 113 Å². The van der Waals surface area contributed by atoms with Crippen molar-refractivity contribution in [3.05, 3.63) is 41.7 Å². The molecule has 0 aliphatic heterocycles. The largest absolute Gasteiger partial charge is 0.260 e. The second kappa shape index (κ2) is 5.27. The van der Waals surface area contributed by atoms with Crippen LogP contribution in [0.1, 0.15) is 49.3 Å². The molecule has 0 bridgehead atoms. The topological polar surface area (TPSA) is 12.9 Å². The highest BCUT2D eigenvalue weighted by atomic mass is 35.5. The number of rotatable bonds is 2. The van der Waals surface area contributed by atoms with Gasteiger partial charge >= 0.3 is 0 Å². The van der Waals surface area contributed by atoms with Crippen molar-refractivity contribution in [1.29, 1.82) is 0 Å². The third kappa shape index (κ3) is 2.12. The van der Waals surface area contributed by atoms with E-state index >= 15 is 0 Å². The Hall–Kier alpha value is -1.08. The minimum absolute atomic E-state index is 0.575. The van der Waals surface area contributed by atoms with E-state index < -0.39 is 0 Å². The number of halogens is 1. The Morgan fingerprint density at radius 1 is 1.06 bits per heavy atom. The normalized spacial score (nSPS) is 17.2. The van der Waals surface area contributed by atoms with Gasteiger partial charge in [0, 0.05) is 23.4 Å². The quantitative estimate of drug-likeness (QED) is 0.690. The SMILES string of the molecule is ClCc1cccc2c(C3CCCCC3)nccc12. The average molecular weight is 260 g/mol. The second-order valence-corrected chi connectivity index (χ2v) is 5.44. The lowest BCUT2D eigenvalue weighted by Gasteiger charge is -2.22. The molecule has 94 valence electrons. The van der Waals surface area contributed by atoms with Crippen LogP contribution in [0.25, 0.3) is 10.8 Å². The van der Waals surface area contributed by atoms with Gasteiger partial charge in [-0.05, 0) is 29.9 Å². The van der Waals surface area contributed by atoms with E-state index in [0.717, 1.165) is 0 Å². The molecule has 1 heterocycles. The van der Waals surface area contributed by atoms with E-state index in [0.29, 0.717) is 11.8 Å². The fourth-order valence-corrected chi connectivity index (χ4v) is 3.35. The number of alkyl halides is 1. The first-order chi connectivity index (χ1) is 8.90. The number of fused-ring (bicyclic) bond motifs is 1. The summed E-state index contributed by atoms with van der Waals surface area (Å²) in [4.78, 5) is 4.66. The summed E-state index contributed by atoms with van der Waals surface area (Å²) >= 11 is 6.02. The summed E-state index contributed by atoms with van der Waals surface area (Å²) in [5, 5.41) is 2.59. The number of aromatic nitrogens is 1. The van der Waals surface area contributed by atoms with Crippen LogP contribution in [0.4, 0.5) is 0 Å². The molecule has 3 rings (SSSR count). The standard InChI is InChI=1S/C16H18ClN/c17-11-13-7-4-8-15-14(13)9-10-18-16(15)12-5-2-1-3-6-12/h4,7-10,12H,1-3,5-6,11H2. The van der Waals surface area contributed by atoms with Gasteiger partial charge in [-0.3, -0.25) is 4.98 Å². The Morgan fingerprint density at radius 2 is 1.89 bits per heavy atom. The maximum Gasteiger partial charge on any atom is 0.0512 e. The zero-order valence-electron chi connectivity index (χ0n) is 10.5. The minimum Gasteiger partial charge on any atom is -0.260 e. The fourth-order valence-electron chi connectivity index (χ4n) is 3.11. The first-order valence-corrected chi connectivity index (χ1v) is 7.36. The molecule has 2 aromatic rings. The first-order valence-electron chi connectivity index (χ1n) is 6.82. The van der Waals surface area contributed by atoms with E-state index in [1.807, 2.05) is 6.20 Å². The van der Waals surface area contributed by atoms with Gasteiger partial charge in [-0.1, -0.05) is 37.5 Å². The molecule has 2 heteroatoms. The van der Waals surface area contributed by atoms with Crippen molar-refractivity contribution in [3.63, 3.8) is 0 Å². The molecule has 1 aromatic heterocycles. The van der Waals surface area contributed by atoms with Gasteiger partial charge in [0.1, 0.15) is 0 Å². The molecule has 0 radical (unpaired) electrons. The molecule has 0 amide bonds. The lowest BCUT2D eigenvalue weighted by atomic mass is 9.84. The second-order valence-electron chi connectivity index (χ2n) is 5.18. The molecule has 1 aromatic carbocycles. The summed E-state index contributed by atoms with van der Waals surface area (Å²) in [5.41, 5.74) is 2.51. The Kier molecular flexibility index (Phi) is 3.51. The first kappa shape index (κ1) is 12.0. The van der Waals surface area contributed by atoms with Crippen LogP contribution in [-0.2, 0) is 5.88 Å². The summed E-state index contributed by atoms with van der Waals surface area (Å²) in [6.07, 6.45) is 8.60. The molecule has 1 saturated carbocycles. The van der Waals surface area contributed by atoms with Crippen LogP contribution in [0.2, 0.25) is 0 Å². The fraction of sp³-hybridized carbons (Fsp3) is 0.438. The molecule has 0 atom stereocenters. The Bertz CT molecular complexity index is 544. The molecular weight excluding hydrogens is 242 g/mol. The average Bonchev–Trinajstić information content (AvgIpc) is 2.47. The molecular formula is C16H18ClN. The Morgan fingerprint density at radius 3 is 2.67 bits per heavy atom. The van der Waals surface area contributed by atoms with Crippen LogP contribution >= 0.6 is 11.6 Å². The van der Waals surface area contributed by atoms with Crippen LogP contribution in [0.3, 0.4) is 0 Å². The summed E-state index contributed by atoms with van der Waals surface area (Å²) in [7, 11) is 0. The molecule has 0 N–H and O–H groups in total. The van der Waals surface area contributed by atoms with E-state index in [-0.39, 0.29) is 0 Å². The van der Waals surface area contributed by atoms with Crippen LogP contribution in [-0.4, -0.2) is 4.98 Å². The highest BCUT2D eigenvalue weighted by Gasteiger charge is 2.19. The van der Waals surface area contributed by atoms with Gasteiger partial charge < -0.3 is 0 Å². The van der Waals surface area contributed by atoms with Gasteiger partial charge in [-0.25, -0.2) is 0 Å². The van der Waals surface area contributed by atoms with Crippen molar-refractivity contribution >= 4 is 22.4 Å². The molecule has 1 fully saturated rings. The molecule has 1 aliphatic carbocycles. The number of nitrogens with zero attached hydrogens (tertiary/aromatic N) is 1. The summed E-state index contributed by atoms with van der Waals surface area (Å²) in [5.74, 6) is 1.22. The third-order valence-corrected chi connectivity index (χ3v) is 4.35. The zero-order chi connectivity index (χ0) is 12.4. The van der Waals surface area contributed by atoms with Crippen LogP contribution in [0.15, 0.2) is 30.5 Å². The van der Waals surface area contributed by atoms with Crippen molar-refractivity contribution in [2.24, 2.45) is 0 Å². The van der Waals surface area contributed by atoms with E-state index in [2.05, 4.69) is 29.2 Å². The van der Waals surface area contributed by atoms with Crippen LogP contribution in [0.5, 0.6) is 0 Å². The number of hydrogen-bond acceptors (Lipinski definition) is 1. The van der Waals surface area contributed by atoms with Gasteiger partial charge in [0.2, 0.25) is 0 Å². The van der Waals surface area contributed by atoms with Crippen molar-refractivity contribution in [3.8, 4) is 0 Å². The predicted molar refractivity (Wildman–Crippen MR) is 77.1 cm³/mol. The van der Waals surface area contributed by atoms with Crippen LogP contribution in [0, 0.1) is 0 Å². The Balaban J connectivity index is 2.11. The summed E-state index contributed by atoms with van der Waals surface area (Å²) < 4.78 is 0. The van der Waals surface area contributed by atoms with Crippen molar-refractivity contribution in [2.75, 3.05) is 0 Å². The van der Waals surface area contributed by atoms with Crippen molar-refractivity contribution in [1.82, 2.24) is 4.98 Å². The van der Waals surface area contributed by atoms with Crippen LogP contribution < -0.4 is 0 Å². The summed E-state index contributed by atoms with van der Waals surface area (Å²) in [6.45, 7) is 0. The molecule has 1 aliphatic rings. The number of benzene rings is 1. The maximum atomic E-state index is 6.02. The highest BCUT2D eigenvalue weighted by Crippen LogP contribution is 2.35. The van der Waals surface area contributed by atoms with E-state index in [4.69, 9.17) is 11.6 Å². The number of hydrogen-bond donors (Lipinski definition) is 0. The molecule has 0 spiro atoms. The van der Waals surface area contributed by atoms with Crippen molar-refractivity contribution in [2.45, 2.75) is 43.9 Å². The number of pyridine rings is 1. The maximum absolute atomic E-state index is 6.02. The molecule has 0 saturated heterocycles. The van der Waals surface area contributed by atoms with Gasteiger partial charge in [-0.15, -0.1) is 11.6 Å². The van der Waals surface area contributed by atoms with Gasteiger partial charge in [0.15, 0.2) is 0 Å². The van der Waals surface area contributed by atoms with Gasteiger partial charge in [0.25, 0.3) is 0 Å². The predicted octanol–water partition coefficient (Wildman–Crippen LogP) is 5.02. The lowest BCUT2D eigenvalue weighted by Crippen LogP contribution is -2.07. The molecule has 1 nitrogen and oxygen atoms in total. The summed E-state index contributed by atoms with van der Waals surface area (Å²) in [6, 6.07) is 8.51. The molecule has 0 unspecified atom stereocenters. The van der Waals surface area contributed by atoms with E-state index in [1.165, 1.54) is 54.1 Å². The van der Waals surface area contributed by atoms with E-state index in [9.17, 15) is 0 Å². The smallest absolute Gasteiger partial charge is 0.0512 e. The molecule has 18 heavy (non-hydrogen) atoms. The van der Waals surface area contributed by atoms with Crippen molar-refractivity contribution < 1.29 is 0 Å². The lowest BCUT2D eigenvalue weighted by molar-refractivity contribution is 0.439. The van der Waals surface area contributed by atoms with Gasteiger partial charge in [-0.2, -0.15) is 0 Å².